The molecule has 134 valence electrons. The van der Waals surface area contributed by atoms with E-state index in [9.17, 15) is 4.79 Å². The summed E-state index contributed by atoms with van der Waals surface area (Å²) in [6.45, 7) is 4.27. The first kappa shape index (κ1) is 17.5. The first-order chi connectivity index (χ1) is 12.7. The molecule has 9 heteroatoms. The fourth-order valence-corrected chi connectivity index (χ4v) is 2.07. The van der Waals surface area contributed by atoms with Gasteiger partial charge >= 0.3 is 0 Å². The summed E-state index contributed by atoms with van der Waals surface area (Å²) in [6.07, 6.45) is 5.83. The highest BCUT2D eigenvalue weighted by atomic mass is 16.7. The molecule has 0 radical (unpaired) electrons. The lowest BCUT2D eigenvalue weighted by Crippen LogP contribution is -2.25. The number of aromatic nitrogens is 4. The van der Waals surface area contributed by atoms with E-state index in [0.717, 1.165) is 5.56 Å². The third-order valence-corrected chi connectivity index (χ3v) is 3.41. The predicted molar refractivity (Wildman–Crippen MR) is 89.9 cm³/mol. The van der Waals surface area contributed by atoms with Crippen LogP contribution in [0.5, 0.6) is 5.88 Å². The first-order valence-electron chi connectivity index (χ1n) is 7.89. The van der Waals surface area contributed by atoms with Gasteiger partial charge < -0.3 is 9.15 Å². The first-order valence-corrected chi connectivity index (χ1v) is 7.89. The quantitative estimate of drug-likeness (QED) is 0.641. The Bertz CT molecular complexity index is 879. The maximum absolute atomic E-state index is 12.2. The van der Waals surface area contributed by atoms with Gasteiger partial charge in [-0.3, -0.25) is 14.6 Å². The molecule has 0 saturated heterocycles. The Hall–Kier alpha value is -3.33. The van der Waals surface area contributed by atoms with Gasteiger partial charge in [0.2, 0.25) is 5.88 Å². The highest BCUT2D eigenvalue weighted by Gasteiger charge is 2.11. The molecule has 3 aromatic rings. The van der Waals surface area contributed by atoms with Crippen molar-refractivity contribution in [2.45, 2.75) is 20.5 Å². The van der Waals surface area contributed by atoms with Gasteiger partial charge in [0.15, 0.2) is 6.39 Å². The minimum Gasteiger partial charge on any atom is -0.478 e. The number of pyridine rings is 1. The van der Waals surface area contributed by atoms with Crippen LogP contribution >= 0.6 is 0 Å². The Kier molecular flexibility index (Phi) is 5.49. The van der Waals surface area contributed by atoms with E-state index in [0.29, 0.717) is 29.6 Å². The zero-order valence-electron chi connectivity index (χ0n) is 14.3. The number of nitrogens with zero attached hydrogens (tertiary/aromatic N) is 4. The van der Waals surface area contributed by atoms with Crippen LogP contribution in [0.15, 0.2) is 41.5 Å². The van der Waals surface area contributed by atoms with E-state index in [2.05, 4.69) is 25.4 Å². The molecule has 0 saturated carbocycles. The number of nitrogens with one attached hydrogen (secondary N) is 1. The second kappa shape index (κ2) is 8.17. The minimum atomic E-state index is -0.514. The molecule has 0 aliphatic carbocycles. The molecule has 0 atom stereocenters. The zero-order valence-corrected chi connectivity index (χ0v) is 14.3. The summed E-state index contributed by atoms with van der Waals surface area (Å²) in [7, 11) is 0. The third-order valence-electron chi connectivity index (χ3n) is 3.41. The number of carbonyl (C=O) groups excluding carboxylic acids is 1. The lowest BCUT2D eigenvalue weighted by molar-refractivity contribution is 0.0215. The minimum absolute atomic E-state index is 0.0873. The summed E-state index contributed by atoms with van der Waals surface area (Å²) in [5.74, 6) is 0.637. The molecule has 9 nitrogen and oxygen atoms in total. The molecule has 0 unspecified atom stereocenters. The maximum Gasteiger partial charge on any atom is 0.295 e. The fraction of sp³-hybridized carbons (Fsp3) is 0.235. The largest absolute Gasteiger partial charge is 0.478 e. The fourth-order valence-electron chi connectivity index (χ4n) is 2.07. The lowest BCUT2D eigenvalue weighted by atomic mass is 10.2. The molecule has 0 aromatic carbocycles. The van der Waals surface area contributed by atoms with Crippen LogP contribution in [-0.2, 0) is 11.4 Å². The highest BCUT2D eigenvalue weighted by Crippen LogP contribution is 2.17. The van der Waals surface area contributed by atoms with E-state index in [1.54, 1.807) is 31.5 Å². The van der Waals surface area contributed by atoms with Gasteiger partial charge in [0.25, 0.3) is 5.91 Å². The number of hydroxylamine groups is 1. The van der Waals surface area contributed by atoms with Crippen LogP contribution in [0.3, 0.4) is 0 Å². The molecule has 26 heavy (non-hydrogen) atoms. The standard InChI is InChI=1S/C17H17N5O4/c1-3-24-16-5-4-12(6-19-16)13-7-18-8-14(21-13)17(23)22-26-9-15-11(2)25-10-20-15/h4-8,10H,3,9H2,1-2H3,(H,22,23). The molecule has 3 rings (SSSR count). The number of hydrogen-bond donors (Lipinski definition) is 1. The van der Waals surface area contributed by atoms with Crippen LogP contribution < -0.4 is 10.2 Å². The number of amides is 1. The van der Waals surface area contributed by atoms with Crippen molar-refractivity contribution < 1.29 is 18.8 Å². The second-order valence-corrected chi connectivity index (χ2v) is 5.18. The molecule has 1 amide bonds. The van der Waals surface area contributed by atoms with Gasteiger partial charge in [-0.15, -0.1) is 0 Å². The molecule has 0 fully saturated rings. The number of oxazole rings is 1. The number of rotatable bonds is 7. The summed E-state index contributed by atoms with van der Waals surface area (Å²) >= 11 is 0. The Morgan fingerprint density at radius 2 is 2.12 bits per heavy atom. The molecule has 0 aliphatic rings. The number of carbonyl (C=O) groups is 1. The SMILES string of the molecule is CCOc1ccc(-c2cncc(C(=O)NOCc3ncoc3C)n2)cn1. The summed E-state index contributed by atoms with van der Waals surface area (Å²) in [5.41, 5.74) is 4.26. The Labute approximate surface area is 149 Å². The highest BCUT2D eigenvalue weighted by molar-refractivity contribution is 5.91. The van der Waals surface area contributed by atoms with Crippen molar-refractivity contribution in [3.8, 4) is 17.1 Å². The normalized spacial score (nSPS) is 10.5. The van der Waals surface area contributed by atoms with Crippen molar-refractivity contribution in [3.05, 3.63) is 54.3 Å². The van der Waals surface area contributed by atoms with Gasteiger partial charge in [-0.1, -0.05) is 0 Å². The summed E-state index contributed by atoms with van der Waals surface area (Å²) in [6, 6.07) is 3.53. The maximum atomic E-state index is 12.2. The molecular formula is C17H17N5O4. The van der Waals surface area contributed by atoms with E-state index in [-0.39, 0.29) is 12.3 Å². The van der Waals surface area contributed by atoms with Crippen LogP contribution in [0.25, 0.3) is 11.3 Å². The number of hydrogen-bond acceptors (Lipinski definition) is 8. The average molecular weight is 355 g/mol. The van der Waals surface area contributed by atoms with Gasteiger partial charge in [0.05, 0.1) is 24.7 Å². The topological polar surface area (TPSA) is 112 Å². The Balaban J connectivity index is 1.64. The van der Waals surface area contributed by atoms with Crippen LogP contribution in [0.2, 0.25) is 0 Å². The van der Waals surface area contributed by atoms with Gasteiger partial charge in [-0.05, 0) is 19.9 Å². The van der Waals surface area contributed by atoms with E-state index in [4.69, 9.17) is 14.0 Å². The zero-order chi connectivity index (χ0) is 18.4. The summed E-state index contributed by atoms with van der Waals surface area (Å²) in [5, 5.41) is 0. The smallest absolute Gasteiger partial charge is 0.295 e. The van der Waals surface area contributed by atoms with E-state index >= 15 is 0 Å². The van der Waals surface area contributed by atoms with Gasteiger partial charge in [-0.2, -0.15) is 0 Å². The monoisotopic (exact) mass is 355 g/mol. The summed E-state index contributed by atoms with van der Waals surface area (Å²) in [4.78, 5) is 33.8. The van der Waals surface area contributed by atoms with Crippen molar-refractivity contribution in [1.82, 2.24) is 25.4 Å². The van der Waals surface area contributed by atoms with E-state index in [1.807, 2.05) is 6.92 Å². The average Bonchev–Trinajstić information content (AvgIpc) is 3.07. The Morgan fingerprint density at radius 3 is 2.81 bits per heavy atom. The van der Waals surface area contributed by atoms with E-state index in [1.165, 1.54) is 12.6 Å². The number of ether oxygens (including phenoxy) is 1. The van der Waals surface area contributed by atoms with Gasteiger partial charge in [0, 0.05) is 17.8 Å². The molecule has 0 aliphatic heterocycles. The Morgan fingerprint density at radius 1 is 1.23 bits per heavy atom. The van der Waals surface area contributed by atoms with Crippen LogP contribution in [0, 0.1) is 6.92 Å². The van der Waals surface area contributed by atoms with Gasteiger partial charge in [0.1, 0.15) is 23.8 Å². The molecule has 0 bridgehead atoms. The van der Waals surface area contributed by atoms with Crippen LogP contribution in [0.4, 0.5) is 0 Å². The number of aryl methyl sites for hydroxylation is 1. The summed E-state index contributed by atoms with van der Waals surface area (Å²) < 4.78 is 10.4. The molecule has 1 N–H and O–H groups in total. The predicted octanol–water partition coefficient (Wildman–Crippen LogP) is 2.10. The molecule has 3 aromatic heterocycles. The van der Waals surface area contributed by atoms with Crippen molar-refractivity contribution in [2.75, 3.05) is 6.61 Å². The lowest BCUT2D eigenvalue weighted by Gasteiger charge is -2.06. The third kappa shape index (κ3) is 4.19. The van der Waals surface area contributed by atoms with Crippen LogP contribution in [0.1, 0.15) is 28.9 Å². The molecule has 0 spiro atoms. The van der Waals surface area contributed by atoms with Crippen molar-refractivity contribution in [3.63, 3.8) is 0 Å². The molecule has 3 heterocycles. The second-order valence-electron chi connectivity index (χ2n) is 5.18. The van der Waals surface area contributed by atoms with Gasteiger partial charge in [-0.25, -0.2) is 20.4 Å². The van der Waals surface area contributed by atoms with Crippen molar-refractivity contribution in [1.29, 1.82) is 0 Å². The molecular weight excluding hydrogens is 338 g/mol. The van der Waals surface area contributed by atoms with Crippen molar-refractivity contribution in [2.24, 2.45) is 0 Å². The van der Waals surface area contributed by atoms with E-state index < -0.39 is 5.91 Å². The van der Waals surface area contributed by atoms with Crippen molar-refractivity contribution >= 4 is 5.91 Å². The van der Waals surface area contributed by atoms with Crippen LogP contribution in [-0.4, -0.2) is 32.4 Å².